The normalized spacial score (nSPS) is 10.5. The Labute approximate surface area is 103 Å². The van der Waals surface area contributed by atoms with Gasteiger partial charge in [0.15, 0.2) is 0 Å². The van der Waals surface area contributed by atoms with Crippen LogP contribution in [0.4, 0.5) is 0 Å². The fourth-order valence-electron chi connectivity index (χ4n) is 1.67. The Morgan fingerprint density at radius 3 is 2.65 bits per heavy atom. The van der Waals surface area contributed by atoms with Crippen LogP contribution in [0, 0.1) is 0 Å². The van der Waals surface area contributed by atoms with E-state index in [0.29, 0.717) is 13.2 Å². The molecule has 17 heavy (non-hydrogen) atoms. The Kier molecular flexibility index (Phi) is 6.25. The predicted molar refractivity (Wildman–Crippen MR) is 66.4 cm³/mol. The molecule has 4 heteroatoms. The zero-order chi connectivity index (χ0) is 12.5. The van der Waals surface area contributed by atoms with E-state index in [1.54, 1.807) is 12.4 Å². The first-order chi connectivity index (χ1) is 8.26. The van der Waals surface area contributed by atoms with Crippen molar-refractivity contribution in [1.82, 2.24) is 9.88 Å². The van der Waals surface area contributed by atoms with Crippen LogP contribution in [0.25, 0.3) is 0 Å². The number of pyridine rings is 1. The van der Waals surface area contributed by atoms with Gasteiger partial charge in [0.25, 0.3) is 0 Å². The number of hydrogen-bond acceptors (Lipinski definition) is 4. The van der Waals surface area contributed by atoms with E-state index in [1.165, 1.54) is 0 Å². The van der Waals surface area contributed by atoms with Crippen molar-refractivity contribution in [3.8, 4) is 0 Å². The summed E-state index contributed by atoms with van der Waals surface area (Å²) in [5, 5.41) is 0. The van der Waals surface area contributed by atoms with E-state index in [2.05, 4.69) is 16.8 Å². The van der Waals surface area contributed by atoms with Crippen LogP contribution >= 0.6 is 0 Å². The monoisotopic (exact) mass is 236 g/mol. The smallest absolute Gasteiger partial charge is 0.320 e. The zero-order valence-corrected chi connectivity index (χ0v) is 10.6. The van der Waals surface area contributed by atoms with E-state index >= 15 is 0 Å². The summed E-state index contributed by atoms with van der Waals surface area (Å²) in [7, 11) is 0. The lowest BCUT2D eigenvalue weighted by Crippen LogP contribution is -2.31. The second-order valence-electron chi connectivity index (χ2n) is 3.87. The summed E-state index contributed by atoms with van der Waals surface area (Å²) in [6.45, 7) is 6.37. The van der Waals surface area contributed by atoms with Gasteiger partial charge in [0.2, 0.25) is 0 Å². The van der Waals surface area contributed by atoms with Crippen molar-refractivity contribution in [1.29, 1.82) is 0 Å². The van der Waals surface area contributed by atoms with Crippen molar-refractivity contribution in [2.24, 2.45) is 0 Å². The highest BCUT2D eigenvalue weighted by Crippen LogP contribution is 2.04. The Hall–Kier alpha value is -1.42. The molecule has 0 fully saturated rings. The molecule has 1 heterocycles. The van der Waals surface area contributed by atoms with Crippen molar-refractivity contribution in [2.45, 2.75) is 26.8 Å². The summed E-state index contributed by atoms with van der Waals surface area (Å²) in [6.07, 6.45) is 4.55. The standard InChI is InChI=1S/C13H20N2O2/c1-3-9-15(11-13(16)17-4-2)10-12-5-7-14-8-6-12/h5-8H,3-4,9-11H2,1-2H3. The molecule has 0 bridgehead atoms. The molecular weight excluding hydrogens is 216 g/mol. The molecule has 0 radical (unpaired) electrons. The average Bonchev–Trinajstić information content (AvgIpc) is 2.31. The number of hydrogen-bond donors (Lipinski definition) is 0. The van der Waals surface area contributed by atoms with Crippen molar-refractivity contribution >= 4 is 5.97 Å². The first kappa shape index (κ1) is 13.6. The third-order valence-corrected chi connectivity index (χ3v) is 2.35. The predicted octanol–water partition coefficient (Wildman–Crippen LogP) is 1.86. The molecule has 0 N–H and O–H groups in total. The van der Waals surface area contributed by atoms with E-state index in [0.717, 1.165) is 25.1 Å². The molecule has 0 aliphatic rings. The SMILES string of the molecule is CCCN(CC(=O)OCC)Cc1ccncc1. The minimum atomic E-state index is -0.157. The third-order valence-electron chi connectivity index (χ3n) is 2.35. The summed E-state index contributed by atoms with van der Waals surface area (Å²) in [4.78, 5) is 17.5. The minimum Gasteiger partial charge on any atom is -0.465 e. The van der Waals surface area contributed by atoms with Gasteiger partial charge in [-0.3, -0.25) is 14.7 Å². The number of aromatic nitrogens is 1. The van der Waals surface area contributed by atoms with E-state index < -0.39 is 0 Å². The minimum absolute atomic E-state index is 0.157. The van der Waals surface area contributed by atoms with Gasteiger partial charge in [-0.1, -0.05) is 6.92 Å². The lowest BCUT2D eigenvalue weighted by atomic mass is 10.2. The summed E-state index contributed by atoms with van der Waals surface area (Å²) in [5.41, 5.74) is 1.16. The highest BCUT2D eigenvalue weighted by Gasteiger charge is 2.10. The largest absolute Gasteiger partial charge is 0.465 e. The lowest BCUT2D eigenvalue weighted by molar-refractivity contribution is -0.144. The van der Waals surface area contributed by atoms with E-state index in [4.69, 9.17) is 4.74 Å². The highest BCUT2D eigenvalue weighted by molar-refractivity contribution is 5.71. The van der Waals surface area contributed by atoms with Gasteiger partial charge in [-0.2, -0.15) is 0 Å². The van der Waals surface area contributed by atoms with Gasteiger partial charge in [0, 0.05) is 18.9 Å². The van der Waals surface area contributed by atoms with Crippen LogP contribution in [-0.4, -0.2) is 35.5 Å². The van der Waals surface area contributed by atoms with Crippen LogP contribution in [0.5, 0.6) is 0 Å². The van der Waals surface area contributed by atoms with E-state index in [1.807, 2.05) is 19.1 Å². The molecule has 0 aromatic carbocycles. The summed E-state index contributed by atoms with van der Waals surface area (Å²) >= 11 is 0. The molecule has 0 amide bonds. The molecule has 0 aliphatic heterocycles. The quantitative estimate of drug-likeness (QED) is 0.678. The van der Waals surface area contributed by atoms with E-state index in [9.17, 15) is 4.79 Å². The Morgan fingerprint density at radius 1 is 1.35 bits per heavy atom. The summed E-state index contributed by atoms with van der Waals surface area (Å²) < 4.78 is 4.96. The number of rotatable bonds is 7. The van der Waals surface area contributed by atoms with Gasteiger partial charge in [-0.15, -0.1) is 0 Å². The van der Waals surface area contributed by atoms with Gasteiger partial charge in [-0.05, 0) is 37.6 Å². The number of nitrogens with zero attached hydrogens (tertiary/aromatic N) is 2. The first-order valence-electron chi connectivity index (χ1n) is 6.03. The lowest BCUT2D eigenvalue weighted by Gasteiger charge is -2.20. The topological polar surface area (TPSA) is 42.4 Å². The highest BCUT2D eigenvalue weighted by atomic mass is 16.5. The number of esters is 1. The number of carbonyl (C=O) groups is 1. The molecular formula is C13H20N2O2. The van der Waals surface area contributed by atoms with Crippen molar-refractivity contribution in [3.05, 3.63) is 30.1 Å². The fourth-order valence-corrected chi connectivity index (χ4v) is 1.67. The molecule has 94 valence electrons. The van der Waals surface area contributed by atoms with Gasteiger partial charge in [0.05, 0.1) is 13.2 Å². The van der Waals surface area contributed by atoms with Crippen LogP contribution in [-0.2, 0) is 16.1 Å². The maximum Gasteiger partial charge on any atom is 0.320 e. The molecule has 1 rings (SSSR count). The van der Waals surface area contributed by atoms with Crippen LogP contribution in [0.2, 0.25) is 0 Å². The molecule has 1 aromatic heterocycles. The maximum atomic E-state index is 11.4. The zero-order valence-electron chi connectivity index (χ0n) is 10.6. The fraction of sp³-hybridized carbons (Fsp3) is 0.538. The van der Waals surface area contributed by atoms with Crippen LogP contribution < -0.4 is 0 Å². The van der Waals surface area contributed by atoms with Crippen LogP contribution in [0.15, 0.2) is 24.5 Å². The molecule has 0 aliphatic carbocycles. The Bertz CT molecular complexity index is 327. The Balaban J connectivity index is 2.51. The molecule has 0 saturated carbocycles. The molecule has 0 spiro atoms. The Morgan fingerprint density at radius 2 is 2.06 bits per heavy atom. The van der Waals surface area contributed by atoms with Gasteiger partial charge in [-0.25, -0.2) is 0 Å². The van der Waals surface area contributed by atoms with E-state index in [-0.39, 0.29) is 5.97 Å². The van der Waals surface area contributed by atoms with Crippen molar-refractivity contribution in [2.75, 3.05) is 19.7 Å². The molecule has 0 unspecified atom stereocenters. The summed E-state index contributed by atoms with van der Waals surface area (Å²) in [6, 6.07) is 3.93. The molecule has 4 nitrogen and oxygen atoms in total. The van der Waals surface area contributed by atoms with Crippen LogP contribution in [0.1, 0.15) is 25.8 Å². The van der Waals surface area contributed by atoms with Crippen LogP contribution in [0.3, 0.4) is 0 Å². The first-order valence-corrected chi connectivity index (χ1v) is 6.03. The third kappa shape index (κ3) is 5.45. The molecule has 0 saturated heterocycles. The molecule has 1 aromatic rings. The maximum absolute atomic E-state index is 11.4. The van der Waals surface area contributed by atoms with Gasteiger partial charge < -0.3 is 4.74 Å². The van der Waals surface area contributed by atoms with Gasteiger partial charge >= 0.3 is 5.97 Å². The second-order valence-corrected chi connectivity index (χ2v) is 3.87. The van der Waals surface area contributed by atoms with Crippen molar-refractivity contribution in [3.63, 3.8) is 0 Å². The summed E-state index contributed by atoms with van der Waals surface area (Å²) in [5.74, 6) is -0.157. The second kappa shape index (κ2) is 7.79. The number of carbonyl (C=O) groups excluding carboxylic acids is 1. The van der Waals surface area contributed by atoms with Crippen molar-refractivity contribution < 1.29 is 9.53 Å². The average molecular weight is 236 g/mol. The van der Waals surface area contributed by atoms with Gasteiger partial charge in [0.1, 0.15) is 0 Å². The molecule has 0 atom stereocenters. The number of ether oxygens (including phenoxy) is 1.